The van der Waals surface area contributed by atoms with Crippen molar-refractivity contribution >= 4 is 11.6 Å². The zero-order chi connectivity index (χ0) is 15.1. The Morgan fingerprint density at radius 3 is 2.73 bits per heavy atom. The topological polar surface area (TPSA) is 75.4 Å². The van der Waals surface area contributed by atoms with Gasteiger partial charge in [-0.15, -0.1) is 10.2 Å². The van der Waals surface area contributed by atoms with Crippen LogP contribution in [0.4, 0.5) is 0 Å². The highest BCUT2D eigenvalue weighted by atomic mass is 16.2. The summed E-state index contributed by atoms with van der Waals surface area (Å²) in [6, 6.07) is 3.97. The second-order valence-electron chi connectivity index (χ2n) is 6.21. The molecule has 7 heteroatoms. The van der Waals surface area contributed by atoms with Gasteiger partial charge in [-0.25, -0.2) is 0 Å². The van der Waals surface area contributed by atoms with E-state index in [1.165, 1.54) is 0 Å². The summed E-state index contributed by atoms with van der Waals surface area (Å²) in [7, 11) is 0. The summed E-state index contributed by atoms with van der Waals surface area (Å²) in [6.45, 7) is 4.65. The van der Waals surface area contributed by atoms with E-state index < -0.39 is 0 Å². The van der Waals surface area contributed by atoms with Crippen LogP contribution < -0.4 is 5.32 Å². The molecule has 22 heavy (non-hydrogen) atoms. The molecule has 2 aliphatic heterocycles. The van der Waals surface area contributed by atoms with Crippen LogP contribution in [-0.2, 0) is 4.79 Å². The second kappa shape index (κ2) is 5.31. The van der Waals surface area contributed by atoms with Crippen molar-refractivity contribution < 1.29 is 4.79 Å². The fraction of sp³-hybridized carbons (Fsp3) is 0.600. The van der Waals surface area contributed by atoms with Crippen molar-refractivity contribution in [3.8, 4) is 0 Å². The molecule has 2 fully saturated rings. The number of hydrogen-bond acceptors (Lipinski definition) is 5. The van der Waals surface area contributed by atoms with Gasteiger partial charge < -0.3 is 5.32 Å². The van der Waals surface area contributed by atoms with Crippen LogP contribution in [0.15, 0.2) is 12.1 Å². The maximum Gasteiger partial charge on any atom is 0.237 e. The van der Waals surface area contributed by atoms with Crippen molar-refractivity contribution in [1.29, 1.82) is 0 Å². The molecular weight excluding hydrogens is 280 g/mol. The molecule has 0 saturated carbocycles. The monoisotopic (exact) mass is 300 g/mol. The second-order valence-corrected chi connectivity index (χ2v) is 6.21. The van der Waals surface area contributed by atoms with Crippen molar-refractivity contribution in [1.82, 2.24) is 30.0 Å². The first-order valence-electron chi connectivity index (χ1n) is 7.93. The van der Waals surface area contributed by atoms with Crippen LogP contribution in [0.5, 0.6) is 0 Å². The normalized spacial score (nSPS) is 24.0. The Balaban J connectivity index is 1.51. The predicted molar refractivity (Wildman–Crippen MR) is 80.5 cm³/mol. The van der Waals surface area contributed by atoms with Crippen molar-refractivity contribution in [3.63, 3.8) is 0 Å². The van der Waals surface area contributed by atoms with Gasteiger partial charge in [0, 0.05) is 12.5 Å². The fourth-order valence-electron chi connectivity index (χ4n) is 3.55. The van der Waals surface area contributed by atoms with Crippen molar-refractivity contribution in [2.24, 2.45) is 0 Å². The molecule has 1 atom stereocenters. The summed E-state index contributed by atoms with van der Waals surface area (Å²) in [5, 5.41) is 16.0. The van der Waals surface area contributed by atoms with Gasteiger partial charge in [-0.1, -0.05) is 0 Å². The first kappa shape index (κ1) is 13.6. The summed E-state index contributed by atoms with van der Waals surface area (Å²) >= 11 is 0. The molecule has 0 aliphatic carbocycles. The Morgan fingerprint density at radius 2 is 2.00 bits per heavy atom. The average molecular weight is 300 g/mol. The Kier molecular flexibility index (Phi) is 3.29. The van der Waals surface area contributed by atoms with E-state index in [2.05, 4.69) is 25.5 Å². The number of rotatable bonds is 2. The van der Waals surface area contributed by atoms with Crippen molar-refractivity contribution in [2.45, 2.75) is 38.1 Å². The van der Waals surface area contributed by atoms with Gasteiger partial charge in [0.15, 0.2) is 11.5 Å². The van der Waals surface area contributed by atoms with Gasteiger partial charge in [-0.2, -0.15) is 9.61 Å². The minimum absolute atomic E-state index is 0.0662. The lowest BCUT2D eigenvalue weighted by Gasteiger charge is -2.33. The van der Waals surface area contributed by atoms with E-state index in [1.807, 2.05) is 23.6 Å². The van der Waals surface area contributed by atoms with Crippen LogP contribution in [0.2, 0.25) is 0 Å². The smallest absolute Gasteiger partial charge is 0.237 e. The number of nitrogens with one attached hydrogen (secondary N) is 1. The lowest BCUT2D eigenvalue weighted by molar-refractivity contribution is -0.124. The quantitative estimate of drug-likeness (QED) is 0.874. The molecule has 7 nitrogen and oxygen atoms in total. The molecule has 2 aromatic rings. The SMILES string of the molecule is Cc1ccc2nnc(C3CCN(C4CCNC4=O)CC3)n2n1. The van der Waals surface area contributed by atoms with E-state index >= 15 is 0 Å². The molecule has 2 aromatic heterocycles. The minimum atomic E-state index is 0.0662. The first-order chi connectivity index (χ1) is 10.7. The molecule has 2 aliphatic rings. The number of aryl methyl sites for hydroxylation is 1. The number of carbonyl (C=O) groups is 1. The number of amides is 1. The van der Waals surface area contributed by atoms with E-state index in [0.717, 1.165) is 56.1 Å². The highest BCUT2D eigenvalue weighted by molar-refractivity contribution is 5.83. The minimum Gasteiger partial charge on any atom is -0.355 e. The summed E-state index contributed by atoms with van der Waals surface area (Å²) in [5.41, 5.74) is 1.77. The molecule has 2 saturated heterocycles. The summed E-state index contributed by atoms with van der Waals surface area (Å²) in [4.78, 5) is 14.1. The molecule has 1 amide bonds. The van der Waals surface area contributed by atoms with Crippen LogP contribution in [0.3, 0.4) is 0 Å². The molecule has 0 radical (unpaired) electrons. The number of carbonyl (C=O) groups excluding carboxylic acids is 1. The van der Waals surface area contributed by atoms with Crippen LogP contribution >= 0.6 is 0 Å². The Labute approximate surface area is 128 Å². The third-order valence-corrected chi connectivity index (χ3v) is 4.78. The number of likely N-dealkylation sites (tertiary alicyclic amines) is 1. The number of piperidine rings is 1. The Morgan fingerprint density at radius 1 is 1.18 bits per heavy atom. The predicted octanol–water partition coefficient (Wildman–Crippen LogP) is 0.501. The van der Waals surface area contributed by atoms with E-state index in [4.69, 9.17) is 0 Å². The molecular formula is C15H20N6O. The number of aromatic nitrogens is 4. The molecule has 4 heterocycles. The van der Waals surface area contributed by atoms with E-state index in [9.17, 15) is 4.79 Å². The van der Waals surface area contributed by atoms with Gasteiger partial charge in [0.05, 0.1) is 11.7 Å². The largest absolute Gasteiger partial charge is 0.355 e. The maximum atomic E-state index is 11.8. The van der Waals surface area contributed by atoms with E-state index in [-0.39, 0.29) is 11.9 Å². The van der Waals surface area contributed by atoms with Gasteiger partial charge in [0.2, 0.25) is 5.91 Å². The van der Waals surface area contributed by atoms with Gasteiger partial charge in [0.1, 0.15) is 0 Å². The van der Waals surface area contributed by atoms with Crippen LogP contribution in [0.25, 0.3) is 5.65 Å². The van der Waals surface area contributed by atoms with Crippen molar-refractivity contribution in [2.75, 3.05) is 19.6 Å². The number of fused-ring (bicyclic) bond motifs is 1. The van der Waals surface area contributed by atoms with E-state index in [0.29, 0.717) is 5.92 Å². The highest BCUT2D eigenvalue weighted by Gasteiger charge is 2.34. The molecule has 116 valence electrons. The average Bonchev–Trinajstić information content (AvgIpc) is 3.13. The zero-order valence-electron chi connectivity index (χ0n) is 12.7. The van der Waals surface area contributed by atoms with Crippen LogP contribution in [0.1, 0.15) is 36.7 Å². The summed E-state index contributed by atoms with van der Waals surface area (Å²) in [6.07, 6.45) is 2.93. The van der Waals surface area contributed by atoms with Crippen LogP contribution in [0, 0.1) is 6.92 Å². The highest BCUT2D eigenvalue weighted by Crippen LogP contribution is 2.28. The maximum absolute atomic E-state index is 11.8. The van der Waals surface area contributed by atoms with Gasteiger partial charge >= 0.3 is 0 Å². The van der Waals surface area contributed by atoms with Gasteiger partial charge in [-0.05, 0) is 51.4 Å². The molecule has 0 spiro atoms. The lowest BCUT2D eigenvalue weighted by Crippen LogP contribution is -2.44. The Hall–Kier alpha value is -2.02. The van der Waals surface area contributed by atoms with E-state index in [1.54, 1.807) is 0 Å². The van der Waals surface area contributed by atoms with Crippen molar-refractivity contribution in [3.05, 3.63) is 23.7 Å². The summed E-state index contributed by atoms with van der Waals surface area (Å²) in [5.74, 6) is 1.50. The number of nitrogens with zero attached hydrogens (tertiary/aromatic N) is 5. The van der Waals surface area contributed by atoms with Crippen LogP contribution in [-0.4, -0.2) is 56.3 Å². The molecule has 1 N–H and O–H groups in total. The molecule has 4 rings (SSSR count). The summed E-state index contributed by atoms with van der Waals surface area (Å²) < 4.78 is 1.87. The fourth-order valence-corrected chi connectivity index (χ4v) is 3.55. The first-order valence-corrected chi connectivity index (χ1v) is 7.93. The molecule has 1 unspecified atom stereocenters. The third-order valence-electron chi connectivity index (χ3n) is 4.78. The standard InChI is InChI=1S/C15H20N6O/c1-10-2-3-13-17-18-14(21(13)19-10)11-5-8-20(9-6-11)12-4-7-16-15(12)22/h2-3,11-12H,4-9H2,1H3,(H,16,22). The Bertz CT molecular complexity index is 703. The third kappa shape index (κ3) is 2.25. The van der Waals surface area contributed by atoms with Gasteiger partial charge in [0.25, 0.3) is 0 Å². The zero-order valence-corrected chi connectivity index (χ0v) is 12.7. The number of hydrogen-bond donors (Lipinski definition) is 1. The molecule has 0 bridgehead atoms. The van der Waals surface area contributed by atoms with Gasteiger partial charge in [-0.3, -0.25) is 9.69 Å². The lowest BCUT2D eigenvalue weighted by atomic mass is 9.95. The molecule has 0 aromatic carbocycles.